The molecule has 1 aromatic rings. The normalized spacial score (nSPS) is 15.5. The zero-order chi connectivity index (χ0) is 19.5. The third kappa shape index (κ3) is 8.40. The largest absolute Gasteiger partial charge is 0.497 e. The van der Waals surface area contributed by atoms with Crippen LogP contribution in [0.4, 0.5) is 0 Å². The van der Waals surface area contributed by atoms with Crippen LogP contribution in [0.15, 0.2) is 29.3 Å². The standard InChI is InChI=1S/C20H34N4O3.HI/c1-5-21-19(23-16-20(2,3)24-10-13-26-14-11-24)22-9-12-27-18-8-6-7-17(15-18)25-4;/h6-8,15H,5,9-14,16H2,1-4H3,(H2,21,22,23);1H. The lowest BCUT2D eigenvalue weighted by atomic mass is 10.0. The molecule has 2 rings (SSSR count). The summed E-state index contributed by atoms with van der Waals surface area (Å²) < 4.78 is 16.4. The molecule has 2 N–H and O–H groups in total. The molecule has 8 heteroatoms. The summed E-state index contributed by atoms with van der Waals surface area (Å²) in [6.07, 6.45) is 0. The van der Waals surface area contributed by atoms with Gasteiger partial charge in [0.25, 0.3) is 0 Å². The summed E-state index contributed by atoms with van der Waals surface area (Å²) in [7, 11) is 1.65. The third-order valence-corrected chi connectivity index (χ3v) is 4.54. The molecule has 0 radical (unpaired) electrons. The molecular formula is C20H35IN4O3. The number of morpholine rings is 1. The highest BCUT2D eigenvalue weighted by atomic mass is 127. The maximum atomic E-state index is 5.77. The van der Waals surface area contributed by atoms with Crippen LogP contribution in [0.5, 0.6) is 11.5 Å². The van der Waals surface area contributed by atoms with Crippen LogP contribution in [-0.4, -0.2) is 76.1 Å². The van der Waals surface area contributed by atoms with Gasteiger partial charge in [0.1, 0.15) is 18.1 Å². The molecule has 0 amide bonds. The first-order chi connectivity index (χ1) is 13.0. The zero-order valence-electron chi connectivity index (χ0n) is 17.5. The van der Waals surface area contributed by atoms with E-state index in [1.165, 1.54) is 0 Å². The van der Waals surface area contributed by atoms with Crippen LogP contribution in [0.25, 0.3) is 0 Å². The van der Waals surface area contributed by atoms with Crippen LogP contribution >= 0.6 is 24.0 Å². The van der Waals surface area contributed by atoms with E-state index in [0.717, 1.165) is 56.9 Å². The Hall–Kier alpha value is -1.26. The van der Waals surface area contributed by atoms with Gasteiger partial charge in [-0.1, -0.05) is 6.07 Å². The molecule has 1 aromatic carbocycles. The van der Waals surface area contributed by atoms with Gasteiger partial charge >= 0.3 is 0 Å². The summed E-state index contributed by atoms with van der Waals surface area (Å²) in [5.74, 6) is 2.40. The first-order valence-electron chi connectivity index (χ1n) is 9.67. The predicted octanol–water partition coefficient (Wildman–Crippen LogP) is 2.36. The number of ether oxygens (including phenoxy) is 3. The smallest absolute Gasteiger partial charge is 0.191 e. The van der Waals surface area contributed by atoms with Crippen molar-refractivity contribution in [3.05, 3.63) is 24.3 Å². The molecule has 1 aliphatic rings. The number of nitrogens with one attached hydrogen (secondary N) is 2. The summed E-state index contributed by atoms with van der Waals surface area (Å²) >= 11 is 0. The highest BCUT2D eigenvalue weighted by molar-refractivity contribution is 14.0. The van der Waals surface area contributed by atoms with E-state index in [9.17, 15) is 0 Å². The van der Waals surface area contributed by atoms with Crippen molar-refractivity contribution in [1.82, 2.24) is 15.5 Å². The molecule has 0 aromatic heterocycles. The molecule has 0 atom stereocenters. The molecule has 0 unspecified atom stereocenters. The quantitative estimate of drug-likeness (QED) is 0.232. The molecule has 7 nitrogen and oxygen atoms in total. The number of halogens is 1. The van der Waals surface area contributed by atoms with Crippen LogP contribution < -0.4 is 20.1 Å². The van der Waals surface area contributed by atoms with Gasteiger partial charge in [-0.25, -0.2) is 0 Å². The van der Waals surface area contributed by atoms with Crippen molar-refractivity contribution in [2.24, 2.45) is 4.99 Å². The van der Waals surface area contributed by atoms with Crippen molar-refractivity contribution in [2.75, 3.05) is 59.7 Å². The molecule has 0 spiro atoms. The fraction of sp³-hybridized carbons (Fsp3) is 0.650. The maximum absolute atomic E-state index is 5.77. The first-order valence-corrected chi connectivity index (χ1v) is 9.67. The fourth-order valence-corrected chi connectivity index (χ4v) is 2.91. The van der Waals surface area contributed by atoms with E-state index in [1.807, 2.05) is 24.3 Å². The van der Waals surface area contributed by atoms with Crippen molar-refractivity contribution >= 4 is 29.9 Å². The minimum atomic E-state index is 0. The monoisotopic (exact) mass is 506 g/mol. The molecule has 1 fully saturated rings. The number of hydrogen-bond acceptors (Lipinski definition) is 5. The lowest BCUT2D eigenvalue weighted by molar-refractivity contribution is -0.00683. The van der Waals surface area contributed by atoms with Gasteiger partial charge in [0.15, 0.2) is 5.96 Å². The first kappa shape index (κ1) is 24.8. The zero-order valence-corrected chi connectivity index (χ0v) is 19.8. The Labute approximate surface area is 186 Å². The molecule has 1 aliphatic heterocycles. The molecule has 160 valence electrons. The SMILES string of the molecule is CCNC(=NCC(C)(C)N1CCOCC1)NCCOc1cccc(OC)c1.I. The summed E-state index contributed by atoms with van der Waals surface area (Å²) in [4.78, 5) is 7.21. The molecule has 0 saturated carbocycles. The van der Waals surface area contributed by atoms with Crippen molar-refractivity contribution < 1.29 is 14.2 Å². The van der Waals surface area contributed by atoms with E-state index < -0.39 is 0 Å². The average Bonchev–Trinajstić information content (AvgIpc) is 2.70. The van der Waals surface area contributed by atoms with Gasteiger partial charge in [0.05, 0.1) is 33.4 Å². The summed E-state index contributed by atoms with van der Waals surface area (Å²) in [6, 6.07) is 7.62. The van der Waals surface area contributed by atoms with Gasteiger partial charge in [-0.2, -0.15) is 0 Å². The van der Waals surface area contributed by atoms with Crippen molar-refractivity contribution in [3.63, 3.8) is 0 Å². The Kier molecular flexibility index (Phi) is 11.6. The number of methoxy groups -OCH3 is 1. The van der Waals surface area contributed by atoms with Gasteiger partial charge < -0.3 is 24.8 Å². The van der Waals surface area contributed by atoms with Gasteiger partial charge in [0, 0.05) is 31.2 Å². The van der Waals surface area contributed by atoms with Crippen molar-refractivity contribution in [3.8, 4) is 11.5 Å². The average molecular weight is 506 g/mol. The van der Waals surface area contributed by atoms with E-state index in [1.54, 1.807) is 7.11 Å². The minimum absolute atomic E-state index is 0. The maximum Gasteiger partial charge on any atom is 0.191 e. The predicted molar refractivity (Wildman–Crippen MR) is 124 cm³/mol. The summed E-state index contributed by atoms with van der Waals surface area (Å²) in [6.45, 7) is 12.8. The number of benzene rings is 1. The number of nitrogens with zero attached hydrogens (tertiary/aromatic N) is 2. The van der Waals surface area contributed by atoms with E-state index in [2.05, 4.69) is 36.3 Å². The minimum Gasteiger partial charge on any atom is -0.497 e. The second kappa shape index (κ2) is 13.1. The Bertz CT molecular complexity index is 593. The second-order valence-electron chi connectivity index (χ2n) is 7.06. The Morgan fingerprint density at radius 1 is 1.21 bits per heavy atom. The number of hydrogen-bond donors (Lipinski definition) is 2. The Balaban J connectivity index is 0.00000392. The fourth-order valence-electron chi connectivity index (χ4n) is 2.91. The topological polar surface area (TPSA) is 67.4 Å². The third-order valence-electron chi connectivity index (χ3n) is 4.54. The lowest BCUT2D eigenvalue weighted by Gasteiger charge is -2.39. The highest BCUT2D eigenvalue weighted by Crippen LogP contribution is 2.18. The molecule has 1 heterocycles. The molecule has 28 heavy (non-hydrogen) atoms. The van der Waals surface area contributed by atoms with Crippen LogP contribution in [0.1, 0.15) is 20.8 Å². The molecular weight excluding hydrogens is 471 g/mol. The van der Waals surface area contributed by atoms with Gasteiger partial charge in [0.2, 0.25) is 0 Å². The lowest BCUT2D eigenvalue weighted by Crippen LogP contribution is -2.52. The van der Waals surface area contributed by atoms with E-state index in [0.29, 0.717) is 13.2 Å². The molecule has 0 bridgehead atoms. The molecule has 1 saturated heterocycles. The van der Waals surface area contributed by atoms with E-state index in [4.69, 9.17) is 19.2 Å². The second-order valence-corrected chi connectivity index (χ2v) is 7.06. The van der Waals surface area contributed by atoms with Crippen LogP contribution in [0.3, 0.4) is 0 Å². The van der Waals surface area contributed by atoms with Crippen LogP contribution in [0.2, 0.25) is 0 Å². The number of guanidine groups is 1. The highest BCUT2D eigenvalue weighted by Gasteiger charge is 2.28. The summed E-state index contributed by atoms with van der Waals surface area (Å²) in [5, 5.41) is 6.63. The summed E-state index contributed by atoms with van der Waals surface area (Å²) in [5.41, 5.74) is 0.00320. The van der Waals surface area contributed by atoms with Crippen LogP contribution in [0, 0.1) is 0 Å². The number of rotatable bonds is 9. The van der Waals surface area contributed by atoms with Crippen LogP contribution in [-0.2, 0) is 4.74 Å². The van der Waals surface area contributed by atoms with Crippen molar-refractivity contribution in [2.45, 2.75) is 26.3 Å². The Morgan fingerprint density at radius 3 is 2.61 bits per heavy atom. The van der Waals surface area contributed by atoms with E-state index in [-0.39, 0.29) is 29.5 Å². The Morgan fingerprint density at radius 2 is 1.93 bits per heavy atom. The van der Waals surface area contributed by atoms with Gasteiger partial charge in [-0.3, -0.25) is 9.89 Å². The van der Waals surface area contributed by atoms with Crippen molar-refractivity contribution in [1.29, 1.82) is 0 Å². The number of aliphatic imine (C=N–C) groups is 1. The molecule has 0 aliphatic carbocycles. The van der Waals surface area contributed by atoms with Gasteiger partial charge in [-0.05, 0) is 32.9 Å². The van der Waals surface area contributed by atoms with E-state index >= 15 is 0 Å². The van der Waals surface area contributed by atoms with Gasteiger partial charge in [-0.15, -0.1) is 24.0 Å².